The summed E-state index contributed by atoms with van der Waals surface area (Å²) in [6.45, 7) is 4.70. The van der Waals surface area contributed by atoms with Crippen LogP contribution in [-0.4, -0.2) is 12.1 Å². The molecule has 0 aliphatic heterocycles. The summed E-state index contributed by atoms with van der Waals surface area (Å²) in [5.41, 5.74) is 1.44. The van der Waals surface area contributed by atoms with Gasteiger partial charge in [-0.2, -0.15) is 0 Å². The normalized spacial score (nSPS) is 26.7. The average molecular weight is 231 g/mol. The standard InChI is InChI=1S/C16H25N/c1-13-7-6-10-16(11-13)17-14(2)12-15-8-4-3-5-9-15/h3-5,8-9,13-14,16-17H,6-7,10-12H2,1-2H3. The summed E-state index contributed by atoms with van der Waals surface area (Å²) in [6, 6.07) is 12.1. The van der Waals surface area contributed by atoms with Gasteiger partial charge in [-0.25, -0.2) is 0 Å². The van der Waals surface area contributed by atoms with Crippen LogP contribution >= 0.6 is 0 Å². The van der Waals surface area contributed by atoms with Crippen LogP contribution in [0.3, 0.4) is 0 Å². The molecule has 17 heavy (non-hydrogen) atoms. The van der Waals surface area contributed by atoms with Gasteiger partial charge in [0.15, 0.2) is 0 Å². The van der Waals surface area contributed by atoms with E-state index in [1.54, 1.807) is 0 Å². The molecule has 0 bridgehead atoms. The van der Waals surface area contributed by atoms with E-state index >= 15 is 0 Å². The zero-order chi connectivity index (χ0) is 12.1. The average Bonchev–Trinajstić information content (AvgIpc) is 2.30. The quantitative estimate of drug-likeness (QED) is 0.831. The first-order chi connectivity index (χ1) is 8.24. The first-order valence-electron chi connectivity index (χ1n) is 7.04. The second-order valence-electron chi connectivity index (χ2n) is 5.73. The van der Waals surface area contributed by atoms with Gasteiger partial charge in [0.1, 0.15) is 0 Å². The molecule has 1 aliphatic rings. The zero-order valence-corrected chi connectivity index (χ0v) is 11.2. The Morgan fingerprint density at radius 1 is 1.24 bits per heavy atom. The van der Waals surface area contributed by atoms with Gasteiger partial charge in [0.2, 0.25) is 0 Å². The maximum atomic E-state index is 3.80. The van der Waals surface area contributed by atoms with Gasteiger partial charge in [0.05, 0.1) is 0 Å². The van der Waals surface area contributed by atoms with Crippen LogP contribution in [0.15, 0.2) is 30.3 Å². The molecular weight excluding hydrogens is 206 g/mol. The highest BCUT2D eigenvalue weighted by molar-refractivity contribution is 5.15. The Bertz CT molecular complexity index is 320. The lowest BCUT2D eigenvalue weighted by atomic mass is 9.86. The largest absolute Gasteiger partial charge is 0.311 e. The maximum Gasteiger partial charge on any atom is 0.00817 e. The number of benzene rings is 1. The van der Waals surface area contributed by atoms with Gasteiger partial charge in [-0.05, 0) is 37.7 Å². The van der Waals surface area contributed by atoms with E-state index in [-0.39, 0.29) is 0 Å². The molecule has 1 aromatic carbocycles. The number of hydrogen-bond donors (Lipinski definition) is 1. The van der Waals surface area contributed by atoms with Crippen molar-refractivity contribution in [2.45, 2.75) is 58.0 Å². The van der Waals surface area contributed by atoms with Crippen LogP contribution in [-0.2, 0) is 6.42 Å². The highest BCUT2D eigenvalue weighted by atomic mass is 14.9. The van der Waals surface area contributed by atoms with Crippen LogP contribution in [0.5, 0.6) is 0 Å². The lowest BCUT2D eigenvalue weighted by molar-refractivity contribution is 0.284. The monoisotopic (exact) mass is 231 g/mol. The van der Waals surface area contributed by atoms with E-state index < -0.39 is 0 Å². The number of hydrogen-bond acceptors (Lipinski definition) is 1. The third-order valence-corrected chi connectivity index (χ3v) is 3.84. The SMILES string of the molecule is CC1CCCC(NC(C)Cc2ccccc2)C1. The Kier molecular flexibility index (Phi) is 4.61. The fourth-order valence-electron chi connectivity index (χ4n) is 3.01. The molecule has 0 saturated heterocycles. The summed E-state index contributed by atoms with van der Waals surface area (Å²) >= 11 is 0. The lowest BCUT2D eigenvalue weighted by Gasteiger charge is -2.30. The Balaban J connectivity index is 1.79. The van der Waals surface area contributed by atoms with Gasteiger partial charge in [-0.15, -0.1) is 0 Å². The second kappa shape index (κ2) is 6.20. The molecule has 1 heteroatoms. The van der Waals surface area contributed by atoms with Crippen molar-refractivity contribution in [2.75, 3.05) is 0 Å². The second-order valence-corrected chi connectivity index (χ2v) is 5.73. The smallest absolute Gasteiger partial charge is 0.00817 e. The Labute approximate surface area is 106 Å². The minimum Gasteiger partial charge on any atom is -0.311 e. The molecule has 1 aliphatic carbocycles. The first-order valence-corrected chi connectivity index (χ1v) is 7.04. The van der Waals surface area contributed by atoms with Crippen molar-refractivity contribution in [1.82, 2.24) is 5.32 Å². The maximum absolute atomic E-state index is 3.80. The van der Waals surface area contributed by atoms with Gasteiger partial charge in [-0.1, -0.05) is 50.1 Å². The topological polar surface area (TPSA) is 12.0 Å². The molecule has 1 N–H and O–H groups in total. The lowest BCUT2D eigenvalue weighted by Crippen LogP contribution is -2.40. The summed E-state index contributed by atoms with van der Waals surface area (Å²) < 4.78 is 0. The van der Waals surface area contributed by atoms with Crippen LogP contribution in [0.1, 0.15) is 45.1 Å². The molecule has 1 nitrogen and oxygen atoms in total. The molecule has 0 spiro atoms. The van der Waals surface area contributed by atoms with Crippen LogP contribution in [0.2, 0.25) is 0 Å². The van der Waals surface area contributed by atoms with Crippen LogP contribution in [0, 0.1) is 5.92 Å². The van der Waals surface area contributed by atoms with E-state index in [0.717, 1.165) is 18.4 Å². The molecule has 94 valence electrons. The van der Waals surface area contributed by atoms with Crippen LogP contribution < -0.4 is 5.32 Å². The van der Waals surface area contributed by atoms with Crippen LogP contribution in [0.4, 0.5) is 0 Å². The molecule has 3 atom stereocenters. The molecule has 3 unspecified atom stereocenters. The molecule has 0 heterocycles. The third kappa shape index (κ3) is 4.16. The van der Waals surface area contributed by atoms with E-state index in [1.807, 2.05) is 0 Å². The molecule has 1 fully saturated rings. The van der Waals surface area contributed by atoms with Crippen LogP contribution in [0.25, 0.3) is 0 Å². The molecule has 2 rings (SSSR count). The Morgan fingerprint density at radius 2 is 2.00 bits per heavy atom. The highest BCUT2D eigenvalue weighted by Gasteiger charge is 2.19. The van der Waals surface area contributed by atoms with Gasteiger partial charge >= 0.3 is 0 Å². The molecule has 0 aromatic heterocycles. The van der Waals surface area contributed by atoms with Crippen molar-refractivity contribution in [3.05, 3.63) is 35.9 Å². The van der Waals surface area contributed by atoms with Gasteiger partial charge in [0, 0.05) is 12.1 Å². The predicted molar refractivity (Wildman–Crippen MR) is 74.2 cm³/mol. The fraction of sp³-hybridized carbons (Fsp3) is 0.625. The molecular formula is C16H25N. The van der Waals surface area contributed by atoms with Crippen molar-refractivity contribution in [3.8, 4) is 0 Å². The molecule has 1 aromatic rings. The summed E-state index contributed by atoms with van der Waals surface area (Å²) in [5.74, 6) is 0.908. The zero-order valence-electron chi connectivity index (χ0n) is 11.2. The van der Waals surface area contributed by atoms with Gasteiger partial charge in [0.25, 0.3) is 0 Å². The van der Waals surface area contributed by atoms with E-state index in [9.17, 15) is 0 Å². The number of nitrogens with one attached hydrogen (secondary N) is 1. The highest BCUT2D eigenvalue weighted by Crippen LogP contribution is 2.23. The van der Waals surface area contributed by atoms with Crippen molar-refractivity contribution < 1.29 is 0 Å². The predicted octanol–water partition coefficient (Wildman–Crippen LogP) is 3.79. The minimum absolute atomic E-state index is 0.590. The minimum atomic E-state index is 0.590. The Morgan fingerprint density at radius 3 is 2.71 bits per heavy atom. The van der Waals surface area contributed by atoms with Crippen molar-refractivity contribution in [3.63, 3.8) is 0 Å². The summed E-state index contributed by atoms with van der Waals surface area (Å²) in [7, 11) is 0. The van der Waals surface area contributed by atoms with E-state index in [0.29, 0.717) is 6.04 Å². The van der Waals surface area contributed by atoms with Crippen molar-refractivity contribution >= 4 is 0 Å². The number of rotatable bonds is 4. The van der Waals surface area contributed by atoms with Gasteiger partial charge < -0.3 is 5.32 Å². The van der Waals surface area contributed by atoms with E-state index in [2.05, 4.69) is 49.5 Å². The van der Waals surface area contributed by atoms with Crippen molar-refractivity contribution in [1.29, 1.82) is 0 Å². The summed E-state index contributed by atoms with van der Waals surface area (Å²) in [5, 5.41) is 3.80. The Hall–Kier alpha value is -0.820. The summed E-state index contributed by atoms with van der Waals surface area (Å²) in [4.78, 5) is 0. The fourth-order valence-corrected chi connectivity index (χ4v) is 3.01. The molecule has 0 amide bonds. The first kappa shape index (κ1) is 12.6. The van der Waals surface area contributed by atoms with E-state index in [4.69, 9.17) is 0 Å². The molecule has 1 saturated carbocycles. The van der Waals surface area contributed by atoms with E-state index in [1.165, 1.54) is 31.2 Å². The van der Waals surface area contributed by atoms with Crippen molar-refractivity contribution in [2.24, 2.45) is 5.92 Å². The van der Waals surface area contributed by atoms with Gasteiger partial charge in [-0.3, -0.25) is 0 Å². The third-order valence-electron chi connectivity index (χ3n) is 3.84. The summed E-state index contributed by atoms with van der Waals surface area (Å²) in [6.07, 6.45) is 6.69. The molecule has 0 radical (unpaired) electrons.